The van der Waals surface area contributed by atoms with Gasteiger partial charge in [-0.15, -0.1) is 0 Å². The molecule has 2 aromatic rings. The molecule has 1 heterocycles. The molecule has 1 aliphatic heterocycles. The maximum atomic E-state index is 13.0. The van der Waals surface area contributed by atoms with Gasteiger partial charge in [-0.1, -0.05) is 18.2 Å². The van der Waals surface area contributed by atoms with Crippen molar-refractivity contribution in [2.45, 2.75) is 20.3 Å². The van der Waals surface area contributed by atoms with Gasteiger partial charge in [0.15, 0.2) is 0 Å². The third kappa shape index (κ3) is 5.43. The summed E-state index contributed by atoms with van der Waals surface area (Å²) in [5.74, 6) is -0.822. The highest BCUT2D eigenvalue weighted by Crippen LogP contribution is 2.10. The number of halogens is 1. The lowest BCUT2D eigenvalue weighted by molar-refractivity contribution is -0.138. The van der Waals surface area contributed by atoms with Crippen LogP contribution in [0.15, 0.2) is 42.5 Å². The number of hydrogen-bond acceptors (Lipinski definition) is 3. The Morgan fingerprint density at radius 3 is 2.07 bits per heavy atom. The monoisotopic (exact) mass is 411 g/mol. The van der Waals surface area contributed by atoms with Gasteiger partial charge >= 0.3 is 0 Å². The van der Waals surface area contributed by atoms with Gasteiger partial charge in [-0.3, -0.25) is 14.4 Å². The molecule has 7 heteroatoms. The van der Waals surface area contributed by atoms with Gasteiger partial charge in [0.2, 0.25) is 11.8 Å². The van der Waals surface area contributed by atoms with Gasteiger partial charge in [0.05, 0.1) is 13.0 Å². The van der Waals surface area contributed by atoms with Gasteiger partial charge in [0.25, 0.3) is 5.91 Å². The molecule has 1 saturated heterocycles. The molecule has 0 atom stereocenters. The smallest absolute Gasteiger partial charge is 0.251 e. The molecular weight excluding hydrogens is 385 g/mol. The number of piperazine rings is 1. The molecule has 0 spiro atoms. The van der Waals surface area contributed by atoms with Crippen LogP contribution in [0.4, 0.5) is 4.39 Å². The fourth-order valence-corrected chi connectivity index (χ4v) is 3.35. The van der Waals surface area contributed by atoms with Crippen molar-refractivity contribution in [3.8, 4) is 0 Å². The van der Waals surface area contributed by atoms with Crippen LogP contribution < -0.4 is 5.32 Å². The van der Waals surface area contributed by atoms with Crippen LogP contribution >= 0.6 is 0 Å². The van der Waals surface area contributed by atoms with Crippen molar-refractivity contribution >= 4 is 17.7 Å². The minimum Gasteiger partial charge on any atom is -0.343 e. The first-order valence-electron chi connectivity index (χ1n) is 9.99. The molecule has 0 saturated carbocycles. The predicted octanol–water partition coefficient (Wildman–Crippen LogP) is 2.09. The minimum absolute atomic E-state index is 0.0447. The van der Waals surface area contributed by atoms with Crippen LogP contribution in [0.25, 0.3) is 0 Å². The first kappa shape index (κ1) is 21.5. The molecule has 2 aromatic carbocycles. The zero-order chi connectivity index (χ0) is 21.7. The zero-order valence-corrected chi connectivity index (χ0v) is 17.3. The standard InChI is InChI=1S/C23H26FN3O3/c1-16-3-6-19(13-17(16)2)23(30)25-15-22(29)27-11-9-26(10-12-27)21(28)14-18-4-7-20(24)8-5-18/h3-8,13H,9-12,14-15H2,1-2H3,(H,25,30). The van der Waals surface area contributed by atoms with E-state index in [1.165, 1.54) is 12.1 Å². The summed E-state index contributed by atoms with van der Waals surface area (Å²) < 4.78 is 13.0. The Balaban J connectivity index is 1.44. The topological polar surface area (TPSA) is 69.7 Å². The van der Waals surface area contributed by atoms with Gasteiger partial charge in [-0.25, -0.2) is 4.39 Å². The van der Waals surface area contributed by atoms with Crippen LogP contribution in [0.2, 0.25) is 0 Å². The second-order valence-electron chi connectivity index (χ2n) is 7.55. The molecule has 0 aromatic heterocycles. The fourth-order valence-electron chi connectivity index (χ4n) is 3.35. The van der Waals surface area contributed by atoms with Gasteiger partial charge in [0.1, 0.15) is 5.82 Å². The van der Waals surface area contributed by atoms with Crippen molar-refractivity contribution in [2.75, 3.05) is 32.7 Å². The number of hydrogen-bond donors (Lipinski definition) is 1. The molecule has 158 valence electrons. The third-order valence-electron chi connectivity index (χ3n) is 5.42. The van der Waals surface area contributed by atoms with E-state index in [0.29, 0.717) is 31.7 Å². The SMILES string of the molecule is Cc1ccc(C(=O)NCC(=O)N2CCN(C(=O)Cc3ccc(F)cc3)CC2)cc1C. The Hall–Kier alpha value is -3.22. The van der Waals surface area contributed by atoms with E-state index in [-0.39, 0.29) is 36.5 Å². The van der Waals surface area contributed by atoms with Crippen molar-refractivity contribution in [3.05, 3.63) is 70.5 Å². The number of carbonyl (C=O) groups is 3. The molecule has 1 fully saturated rings. The van der Waals surface area contributed by atoms with E-state index in [2.05, 4.69) is 5.32 Å². The largest absolute Gasteiger partial charge is 0.343 e. The van der Waals surface area contributed by atoms with Crippen molar-refractivity contribution in [2.24, 2.45) is 0 Å². The third-order valence-corrected chi connectivity index (χ3v) is 5.42. The number of aryl methyl sites for hydroxylation is 2. The van der Waals surface area contributed by atoms with Gasteiger partial charge in [0, 0.05) is 31.7 Å². The highest BCUT2D eigenvalue weighted by Gasteiger charge is 2.24. The number of benzene rings is 2. The Kier molecular flexibility index (Phi) is 6.82. The molecule has 3 rings (SSSR count). The molecule has 0 radical (unpaired) electrons. The summed E-state index contributed by atoms with van der Waals surface area (Å²) >= 11 is 0. The number of nitrogens with one attached hydrogen (secondary N) is 1. The number of amides is 3. The first-order chi connectivity index (χ1) is 14.3. The van der Waals surface area contributed by atoms with E-state index in [0.717, 1.165) is 16.7 Å². The number of rotatable bonds is 5. The van der Waals surface area contributed by atoms with Crippen LogP contribution in [0.1, 0.15) is 27.0 Å². The number of carbonyl (C=O) groups excluding carboxylic acids is 3. The van der Waals surface area contributed by atoms with Crippen LogP contribution in [-0.2, 0) is 16.0 Å². The second kappa shape index (κ2) is 9.52. The van der Waals surface area contributed by atoms with Crippen molar-refractivity contribution in [1.82, 2.24) is 15.1 Å². The highest BCUT2D eigenvalue weighted by molar-refractivity contribution is 5.96. The van der Waals surface area contributed by atoms with E-state index in [1.54, 1.807) is 34.1 Å². The molecule has 6 nitrogen and oxygen atoms in total. The average molecular weight is 411 g/mol. The van der Waals surface area contributed by atoms with Crippen molar-refractivity contribution < 1.29 is 18.8 Å². The Morgan fingerprint density at radius 2 is 1.47 bits per heavy atom. The summed E-state index contributed by atoms with van der Waals surface area (Å²) in [5.41, 5.74) is 3.42. The molecule has 1 aliphatic rings. The van der Waals surface area contributed by atoms with Gasteiger partial charge in [-0.05, 0) is 54.8 Å². The maximum absolute atomic E-state index is 13.0. The summed E-state index contributed by atoms with van der Waals surface area (Å²) in [5, 5.41) is 2.67. The summed E-state index contributed by atoms with van der Waals surface area (Å²) in [4.78, 5) is 40.5. The van der Waals surface area contributed by atoms with Gasteiger partial charge < -0.3 is 15.1 Å². The molecule has 0 aliphatic carbocycles. The lowest BCUT2D eigenvalue weighted by atomic mass is 10.1. The summed E-state index contributed by atoms with van der Waals surface area (Å²) in [6, 6.07) is 11.3. The van der Waals surface area contributed by atoms with Crippen LogP contribution in [0.3, 0.4) is 0 Å². The molecule has 3 amide bonds. The van der Waals surface area contributed by atoms with Crippen molar-refractivity contribution in [3.63, 3.8) is 0 Å². The lowest BCUT2D eigenvalue weighted by Crippen LogP contribution is -2.52. The highest BCUT2D eigenvalue weighted by atomic mass is 19.1. The van der Waals surface area contributed by atoms with E-state index in [4.69, 9.17) is 0 Å². The summed E-state index contributed by atoms with van der Waals surface area (Å²) in [6.07, 6.45) is 0.209. The van der Waals surface area contributed by atoms with Gasteiger partial charge in [-0.2, -0.15) is 0 Å². The van der Waals surface area contributed by atoms with Crippen LogP contribution in [-0.4, -0.2) is 60.2 Å². The zero-order valence-electron chi connectivity index (χ0n) is 17.3. The Bertz CT molecular complexity index is 935. The normalized spacial score (nSPS) is 13.8. The lowest BCUT2D eigenvalue weighted by Gasteiger charge is -2.35. The summed E-state index contributed by atoms with van der Waals surface area (Å²) in [6.45, 7) is 5.57. The quantitative estimate of drug-likeness (QED) is 0.819. The van der Waals surface area contributed by atoms with E-state index in [1.807, 2.05) is 19.9 Å². The van der Waals surface area contributed by atoms with E-state index < -0.39 is 0 Å². The second-order valence-corrected chi connectivity index (χ2v) is 7.55. The molecule has 1 N–H and O–H groups in total. The van der Waals surface area contributed by atoms with Crippen LogP contribution in [0.5, 0.6) is 0 Å². The minimum atomic E-state index is -0.331. The first-order valence-corrected chi connectivity index (χ1v) is 9.99. The predicted molar refractivity (Wildman–Crippen MR) is 112 cm³/mol. The average Bonchev–Trinajstić information content (AvgIpc) is 2.75. The van der Waals surface area contributed by atoms with Crippen molar-refractivity contribution in [1.29, 1.82) is 0 Å². The van der Waals surface area contributed by atoms with E-state index >= 15 is 0 Å². The summed E-state index contributed by atoms with van der Waals surface area (Å²) in [7, 11) is 0. The molecular formula is C23H26FN3O3. The molecule has 0 bridgehead atoms. The molecule has 30 heavy (non-hydrogen) atoms. The van der Waals surface area contributed by atoms with E-state index in [9.17, 15) is 18.8 Å². The maximum Gasteiger partial charge on any atom is 0.251 e. The number of nitrogens with zero attached hydrogens (tertiary/aromatic N) is 2. The fraction of sp³-hybridized carbons (Fsp3) is 0.348. The Morgan fingerprint density at radius 1 is 0.867 bits per heavy atom. The van der Waals surface area contributed by atoms with Crippen LogP contribution in [0, 0.1) is 19.7 Å². The molecule has 0 unspecified atom stereocenters. The Labute approximate surface area is 175 Å².